The Labute approximate surface area is 187 Å². The van der Waals surface area contributed by atoms with Crippen molar-refractivity contribution < 1.29 is 4.74 Å². The molecular weight excluding hydrogens is 408 g/mol. The van der Waals surface area contributed by atoms with E-state index in [0.717, 1.165) is 73.0 Å². The molecule has 1 aliphatic heterocycles. The van der Waals surface area contributed by atoms with E-state index >= 15 is 0 Å². The van der Waals surface area contributed by atoms with Crippen LogP contribution in [0.25, 0.3) is 10.2 Å². The van der Waals surface area contributed by atoms with E-state index in [1.54, 1.807) is 18.4 Å². The molecule has 0 spiro atoms. The van der Waals surface area contributed by atoms with Gasteiger partial charge in [-0.05, 0) is 49.8 Å². The normalized spacial score (nSPS) is 16.6. The number of rotatable bonds is 5. The number of hydrogen-bond acceptors (Lipinski definition) is 6. The first-order valence-corrected chi connectivity index (χ1v) is 12.2. The average molecular weight is 439 g/mol. The van der Waals surface area contributed by atoms with Gasteiger partial charge in [0.05, 0.1) is 18.2 Å². The van der Waals surface area contributed by atoms with Crippen LogP contribution < -0.4 is 20.1 Å². The number of thiophene rings is 1. The monoisotopic (exact) mass is 438 g/mol. The second kappa shape index (κ2) is 8.54. The first-order chi connectivity index (χ1) is 15.2. The van der Waals surface area contributed by atoms with Crippen molar-refractivity contribution in [3.8, 4) is 5.75 Å². The van der Waals surface area contributed by atoms with Crippen LogP contribution >= 0.6 is 11.3 Å². The number of nitrogens with zero attached hydrogens (tertiary/aromatic N) is 4. The standard InChI is InChI=1S/C24H30N4O2S/c1-3-12-28-23(29)21-17-8-4-7-11-20(17)31-22(21)25-24(28)27-15-13-26(14-16-27)18-9-5-6-10-19(18)30-2/h5-6,9-10H,3-4,7-8,11-16H2,1-2H3. The largest absolute Gasteiger partial charge is 0.495 e. The van der Waals surface area contributed by atoms with E-state index in [1.165, 1.54) is 23.3 Å². The molecule has 0 atom stereocenters. The third kappa shape index (κ3) is 3.59. The molecule has 0 bridgehead atoms. The zero-order chi connectivity index (χ0) is 21.4. The summed E-state index contributed by atoms with van der Waals surface area (Å²) in [5, 5.41) is 0.893. The summed E-state index contributed by atoms with van der Waals surface area (Å²) >= 11 is 1.74. The summed E-state index contributed by atoms with van der Waals surface area (Å²) in [5.74, 6) is 1.75. The van der Waals surface area contributed by atoms with Crippen molar-refractivity contribution in [3.05, 3.63) is 45.1 Å². The quantitative estimate of drug-likeness (QED) is 0.601. The molecule has 0 radical (unpaired) electrons. The van der Waals surface area contributed by atoms with Crippen LogP contribution in [0.15, 0.2) is 29.1 Å². The van der Waals surface area contributed by atoms with Gasteiger partial charge in [-0.3, -0.25) is 9.36 Å². The Morgan fingerprint density at radius 1 is 1.06 bits per heavy atom. The van der Waals surface area contributed by atoms with Crippen molar-refractivity contribution in [2.75, 3.05) is 43.1 Å². The minimum Gasteiger partial charge on any atom is -0.495 e. The summed E-state index contributed by atoms with van der Waals surface area (Å²) in [6.45, 7) is 6.27. The fourth-order valence-corrected chi connectivity index (χ4v) is 6.18. The molecular formula is C24H30N4O2S. The predicted molar refractivity (Wildman–Crippen MR) is 128 cm³/mol. The van der Waals surface area contributed by atoms with E-state index in [1.807, 2.05) is 16.7 Å². The minimum absolute atomic E-state index is 0.161. The van der Waals surface area contributed by atoms with Crippen molar-refractivity contribution >= 4 is 33.2 Å². The van der Waals surface area contributed by atoms with Gasteiger partial charge in [-0.25, -0.2) is 4.98 Å². The molecule has 0 N–H and O–H groups in total. The van der Waals surface area contributed by atoms with E-state index < -0.39 is 0 Å². The summed E-state index contributed by atoms with van der Waals surface area (Å²) in [4.78, 5) is 25.6. The maximum atomic E-state index is 13.6. The topological polar surface area (TPSA) is 50.6 Å². The summed E-state index contributed by atoms with van der Waals surface area (Å²) in [5.41, 5.74) is 2.57. The zero-order valence-corrected chi connectivity index (χ0v) is 19.2. The van der Waals surface area contributed by atoms with E-state index in [4.69, 9.17) is 9.72 Å². The van der Waals surface area contributed by atoms with Crippen LogP contribution in [-0.4, -0.2) is 42.8 Å². The lowest BCUT2D eigenvalue weighted by Crippen LogP contribution is -2.48. The van der Waals surface area contributed by atoms with Crippen LogP contribution in [0.1, 0.15) is 36.6 Å². The highest BCUT2D eigenvalue weighted by atomic mass is 32.1. The highest BCUT2D eigenvalue weighted by molar-refractivity contribution is 7.18. The van der Waals surface area contributed by atoms with Gasteiger partial charge in [0.2, 0.25) is 5.95 Å². The smallest absolute Gasteiger partial charge is 0.263 e. The molecule has 1 aromatic carbocycles. The SMILES string of the molecule is CCCn1c(N2CCN(c3ccccc3OC)CC2)nc2sc3c(c2c1=O)CCCC3. The number of hydrogen-bond donors (Lipinski definition) is 0. The van der Waals surface area contributed by atoms with E-state index in [9.17, 15) is 4.79 Å². The molecule has 1 fully saturated rings. The van der Waals surface area contributed by atoms with Crippen LogP contribution in [0.5, 0.6) is 5.75 Å². The van der Waals surface area contributed by atoms with Crippen molar-refractivity contribution in [2.45, 2.75) is 45.6 Å². The Morgan fingerprint density at radius 2 is 1.81 bits per heavy atom. The maximum absolute atomic E-state index is 13.6. The highest BCUT2D eigenvalue weighted by Crippen LogP contribution is 2.35. The molecule has 0 unspecified atom stereocenters. The van der Waals surface area contributed by atoms with Gasteiger partial charge in [0, 0.05) is 37.6 Å². The number of aromatic nitrogens is 2. The molecule has 164 valence electrons. The van der Waals surface area contributed by atoms with Crippen LogP contribution in [0.4, 0.5) is 11.6 Å². The third-order valence-electron chi connectivity index (χ3n) is 6.49. The molecule has 1 aliphatic carbocycles. The second-order valence-corrected chi connectivity index (χ2v) is 9.49. The average Bonchev–Trinajstić information content (AvgIpc) is 3.19. The van der Waals surface area contributed by atoms with Crippen molar-refractivity contribution in [3.63, 3.8) is 0 Å². The fraction of sp³-hybridized carbons (Fsp3) is 0.500. The van der Waals surface area contributed by atoms with Crippen molar-refractivity contribution in [1.29, 1.82) is 0 Å². The van der Waals surface area contributed by atoms with Gasteiger partial charge < -0.3 is 14.5 Å². The van der Waals surface area contributed by atoms with Crippen LogP contribution in [0.3, 0.4) is 0 Å². The summed E-state index contributed by atoms with van der Waals surface area (Å²) in [7, 11) is 1.72. The Hall–Kier alpha value is -2.54. The number of piperazine rings is 1. The van der Waals surface area contributed by atoms with Gasteiger partial charge >= 0.3 is 0 Å². The third-order valence-corrected chi connectivity index (χ3v) is 7.68. The lowest BCUT2D eigenvalue weighted by molar-refractivity contribution is 0.413. The minimum atomic E-state index is 0.161. The molecule has 2 aromatic heterocycles. The van der Waals surface area contributed by atoms with Gasteiger partial charge in [0.1, 0.15) is 10.6 Å². The van der Waals surface area contributed by atoms with Gasteiger partial charge in [0.15, 0.2) is 0 Å². The summed E-state index contributed by atoms with van der Waals surface area (Å²) in [6.07, 6.45) is 5.44. The van der Waals surface area contributed by atoms with Crippen molar-refractivity contribution in [1.82, 2.24) is 9.55 Å². The molecule has 6 nitrogen and oxygen atoms in total. The molecule has 7 heteroatoms. The Morgan fingerprint density at radius 3 is 2.58 bits per heavy atom. The molecule has 0 amide bonds. The summed E-state index contributed by atoms with van der Waals surface area (Å²) < 4.78 is 7.49. The molecule has 3 heterocycles. The van der Waals surface area contributed by atoms with Gasteiger partial charge in [-0.15, -0.1) is 11.3 Å². The lowest BCUT2D eigenvalue weighted by atomic mass is 9.97. The van der Waals surface area contributed by atoms with Crippen molar-refractivity contribution in [2.24, 2.45) is 0 Å². The molecule has 0 saturated carbocycles. The van der Waals surface area contributed by atoms with Gasteiger partial charge in [-0.1, -0.05) is 19.1 Å². The fourth-order valence-electron chi connectivity index (χ4n) is 4.93. The van der Waals surface area contributed by atoms with Crippen LogP contribution in [0.2, 0.25) is 0 Å². The van der Waals surface area contributed by atoms with E-state index in [0.29, 0.717) is 6.54 Å². The number of aryl methyl sites for hydroxylation is 2. The Balaban J connectivity index is 1.47. The first kappa shape index (κ1) is 20.4. The molecule has 31 heavy (non-hydrogen) atoms. The van der Waals surface area contributed by atoms with Gasteiger partial charge in [0.25, 0.3) is 5.56 Å². The number of ether oxygens (including phenoxy) is 1. The number of para-hydroxylation sites is 2. The van der Waals surface area contributed by atoms with E-state index in [2.05, 4.69) is 28.9 Å². The molecule has 5 rings (SSSR count). The lowest BCUT2D eigenvalue weighted by Gasteiger charge is -2.37. The Bertz CT molecular complexity index is 1140. The molecule has 1 saturated heterocycles. The maximum Gasteiger partial charge on any atom is 0.263 e. The number of methoxy groups -OCH3 is 1. The Kier molecular flexibility index (Phi) is 5.61. The highest BCUT2D eigenvalue weighted by Gasteiger charge is 2.26. The number of benzene rings is 1. The summed E-state index contributed by atoms with van der Waals surface area (Å²) in [6, 6.07) is 8.18. The molecule has 2 aliphatic rings. The first-order valence-electron chi connectivity index (χ1n) is 11.4. The van der Waals surface area contributed by atoms with Crippen LogP contribution in [-0.2, 0) is 19.4 Å². The van der Waals surface area contributed by atoms with Crippen LogP contribution in [0, 0.1) is 0 Å². The van der Waals surface area contributed by atoms with E-state index in [-0.39, 0.29) is 5.56 Å². The predicted octanol–water partition coefficient (Wildman–Crippen LogP) is 4.08. The second-order valence-electron chi connectivity index (χ2n) is 8.41. The zero-order valence-electron chi connectivity index (χ0n) is 18.4. The number of fused-ring (bicyclic) bond motifs is 3. The number of anilines is 2. The molecule has 3 aromatic rings. The van der Waals surface area contributed by atoms with Gasteiger partial charge in [-0.2, -0.15) is 0 Å².